The lowest BCUT2D eigenvalue weighted by Crippen LogP contribution is -2.47. The van der Waals surface area contributed by atoms with Crippen molar-refractivity contribution in [2.24, 2.45) is 5.10 Å². The van der Waals surface area contributed by atoms with Crippen molar-refractivity contribution < 1.29 is 18.0 Å². The van der Waals surface area contributed by atoms with E-state index in [-0.39, 0.29) is 60.4 Å². The summed E-state index contributed by atoms with van der Waals surface area (Å²) < 4.78 is 25.0. The van der Waals surface area contributed by atoms with Crippen molar-refractivity contribution in [3.63, 3.8) is 0 Å². The van der Waals surface area contributed by atoms with E-state index in [0.29, 0.717) is 19.4 Å². The summed E-state index contributed by atoms with van der Waals surface area (Å²) in [5.41, 5.74) is 4.73. The maximum Gasteiger partial charge on any atom is 0.330 e. The van der Waals surface area contributed by atoms with E-state index < -0.39 is 33.0 Å². The quantitative estimate of drug-likeness (QED) is 0.493. The molecule has 12 nitrogen and oxygen atoms in total. The van der Waals surface area contributed by atoms with Gasteiger partial charge in [0.2, 0.25) is 5.91 Å². The van der Waals surface area contributed by atoms with Gasteiger partial charge in [-0.25, -0.2) is 18.2 Å². The fourth-order valence-corrected chi connectivity index (χ4v) is 5.83. The van der Waals surface area contributed by atoms with Crippen LogP contribution >= 0.6 is 0 Å². The zero-order chi connectivity index (χ0) is 25.0. The maximum atomic E-state index is 13.6. The lowest BCUT2D eigenvalue weighted by atomic mass is 10.1. The monoisotopic (exact) mass is 496 g/mol. The van der Waals surface area contributed by atoms with E-state index in [1.54, 1.807) is 0 Å². The number of rotatable bonds is 9. The Bertz CT molecular complexity index is 1200. The van der Waals surface area contributed by atoms with Gasteiger partial charge in [0, 0.05) is 25.9 Å². The van der Waals surface area contributed by atoms with Crippen LogP contribution < -0.4 is 21.9 Å². The minimum atomic E-state index is -3.26. The average Bonchev–Trinajstić information content (AvgIpc) is 3.15. The number of nitrogens with two attached hydrogens (primary N) is 1. The number of hydrogen-bond donors (Lipinski definition) is 2. The molecule has 1 aromatic heterocycles. The Kier molecular flexibility index (Phi) is 7.95. The van der Waals surface area contributed by atoms with Gasteiger partial charge < -0.3 is 5.73 Å². The zero-order valence-corrected chi connectivity index (χ0v) is 20.4. The molecule has 0 saturated carbocycles. The molecule has 188 valence electrons. The molecule has 3 N–H and O–H groups in total. The van der Waals surface area contributed by atoms with Gasteiger partial charge in [-0.3, -0.25) is 28.8 Å². The molecule has 0 spiro atoms. The van der Waals surface area contributed by atoms with Gasteiger partial charge in [0.05, 0.1) is 17.5 Å². The van der Waals surface area contributed by atoms with Crippen LogP contribution in [0, 0.1) is 0 Å². The van der Waals surface area contributed by atoms with Crippen molar-refractivity contribution in [3.05, 3.63) is 20.8 Å². The average molecular weight is 497 g/mol. The Hall–Kier alpha value is -2.96. The molecule has 0 bridgehead atoms. The summed E-state index contributed by atoms with van der Waals surface area (Å²) in [6, 6.07) is -0.617. The number of aromatic nitrogens is 2. The minimum absolute atomic E-state index is 0.00454. The van der Waals surface area contributed by atoms with Gasteiger partial charge in [-0.15, -0.1) is 0 Å². The lowest BCUT2D eigenvalue weighted by Gasteiger charge is -2.30. The molecule has 1 unspecified atom stereocenters. The standard InChI is InChI=1S/C21H32N6O6S/c1-3-5-10-25(17-18(22)26(11-6-4-2)21(31)23-19(17)29)20(30)15-7-8-16(28)27(24-15)14-9-12-34(32,33)13-14/h14H,3-13,22H2,1-2H3,(H,23,29,31). The predicted molar refractivity (Wildman–Crippen MR) is 128 cm³/mol. The molecular formula is C21H32N6O6S. The van der Waals surface area contributed by atoms with Crippen LogP contribution in [0.3, 0.4) is 0 Å². The normalized spacial score (nSPS) is 19.8. The molecule has 0 aromatic carbocycles. The number of H-pyrrole nitrogens is 1. The van der Waals surface area contributed by atoms with Crippen molar-refractivity contribution in [2.75, 3.05) is 28.7 Å². The number of aromatic amines is 1. The highest BCUT2D eigenvalue weighted by Gasteiger charge is 2.38. The number of anilines is 2. The van der Waals surface area contributed by atoms with Gasteiger partial charge in [0.1, 0.15) is 11.5 Å². The number of sulfone groups is 1. The molecule has 0 radical (unpaired) electrons. The number of hydrazone groups is 1. The summed E-state index contributed by atoms with van der Waals surface area (Å²) in [6.07, 6.45) is 3.08. The van der Waals surface area contributed by atoms with Crippen molar-refractivity contribution in [1.82, 2.24) is 14.6 Å². The van der Waals surface area contributed by atoms with E-state index in [4.69, 9.17) is 5.73 Å². The molecule has 1 atom stereocenters. The van der Waals surface area contributed by atoms with E-state index in [2.05, 4.69) is 10.1 Å². The summed E-state index contributed by atoms with van der Waals surface area (Å²) in [4.78, 5) is 54.5. The van der Waals surface area contributed by atoms with E-state index in [1.165, 1.54) is 9.47 Å². The van der Waals surface area contributed by atoms with Gasteiger partial charge in [-0.05, 0) is 19.3 Å². The second-order valence-corrected chi connectivity index (χ2v) is 10.9. The first-order valence-corrected chi connectivity index (χ1v) is 13.5. The largest absolute Gasteiger partial charge is 0.383 e. The third-order valence-corrected chi connectivity index (χ3v) is 7.81. The first kappa shape index (κ1) is 25.7. The highest BCUT2D eigenvalue weighted by Crippen LogP contribution is 2.24. The molecule has 1 aromatic rings. The van der Waals surface area contributed by atoms with Gasteiger partial charge in [0.25, 0.3) is 11.5 Å². The van der Waals surface area contributed by atoms with E-state index >= 15 is 0 Å². The van der Waals surface area contributed by atoms with Crippen molar-refractivity contribution in [2.45, 2.75) is 71.4 Å². The van der Waals surface area contributed by atoms with Crippen molar-refractivity contribution in [3.8, 4) is 0 Å². The molecule has 2 aliphatic heterocycles. The number of nitrogen functional groups attached to an aromatic ring is 1. The van der Waals surface area contributed by atoms with Gasteiger partial charge in [0.15, 0.2) is 15.5 Å². The Morgan fingerprint density at radius 3 is 2.50 bits per heavy atom. The number of amides is 2. The molecule has 2 amide bonds. The SMILES string of the molecule is CCCCN(C(=O)C1=NN(C2CCS(=O)(=O)C2)C(=O)CC1)c1c(N)n(CCCC)c(=O)[nH]c1=O. The van der Waals surface area contributed by atoms with Crippen molar-refractivity contribution >= 4 is 38.9 Å². The summed E-state index contributed by atoms with van der Waals surface area (Å²) in [5.74, 6) is -1.27. The van der Waals surface area contributed by atoms with E-state index in [0.717, 1.165) is 17.9 Å². The van der Waals surface area contributed by atoms with Crippen LogP contribution in [0.2, 0.25) is 0 Å². The highest BCUT2D eigenvalue weighted by atomic mass is 32.2. The number of carbonyl (C=O) groups is 2. The molecule has 1 fully saturated rings. The molecule has 34 heavy (non-hydrogen) atoms. The molecule has 3 rings (SSSR count). The van der Waals surface area contributed by atoms with Crippen LogP contribution in [0.15, 0.2) is 14.7 Å². The number of unbranched alkanes of at least 4 members (excludes halogenated alkanes) is 2. The second kappa shape index (κ2) is 10.5. The van der Waals surface area contributed by atoms with Gasteiger partial charge in [-0.2, -0.15) is 5.10 Å². The zero-order valence-electron chi connectivity index (χ0n) is 19.6. The second-order valence-electron chi connectivity index (χ2n) is 8.65. The van der Waals surface area contributed by atoms with Gasteiger partial charge >= 0.3 is 5.69 Å². The number of nitrogens with one attached hydrogen (secondary N) is 1. The van der Waals surface area contributed by atoms with Crippen molar-refractivity contribution in [1.29, 1.82) is 0 Å². The first-order valence-electron chi connectivity index (χ1n) is 11.6. The van der Waals surface area contributed by atoms with E-state index in [1.807, 2.05) is 13.8 Å². The highest BCUT2D eigenvalue weighted by molar-refractivity contribution is 7.91. The van der Waals surface area contributed by atoms with Crippen LogP contribution in [0.4, 0.5) is 11.5 Å². The maximum absolute atomic E-state index is 13.6. The molecule has 3 heterocycles. The van der Waals surface area contributed by atoms with Gasteiger partial charge in [-0.1, -0.05) is 26.7 Å². The molecule has 2 aliphatic rings. The minimum Gasteiger partial charge on any atom is -0.383 e. The first-order chi connectivity index (χ1) is 16.1. The Labute approximate surface area is 197 Å². The van der Waals surface area contributed by atoms with Crippen LogP contribution in [0.25, 0.3) is 0 Å². The van der Waals surface area contributed by atoms with Crippen LogP contribution in [-0.4, -0.2) is 64.6 Å². The van der Waals surface area contributed by atoms with Crippen LogP contribution in [0.5, 0.6) is 0 Å². The molecule has 13 heteroatoms. The summed E-state index contributed by atoms with van der Waals surface area (Å²) in [6.45, 7) is 4.34. The fraction of sp³-hybridized carbons (Fsp3) is 0.667. The topological polar surface area (TPSA) is 168 Å². The fourth-order valence-electron chi connectivity index (χ4n) is 4.14. The third-order valence-electron chi connectivity index (χ3n) is 6.06. The number of nitrogens with zero attached hydrogens (tertiary/aromatic N) is 4. The smallest absolute Gasteiger partial charge is 0.330 e. The number of hydrogen-bond acceptors (Lipinski definition) is 8. The Morgan fingerprint density at radius 2 is 1.88 bits per heavy atom. The van der Waals surface area contributed by atoms with E-state index in [9.17, 15) is 27.6 Å². The molecule has 1 saturated heterocycles. The molecular weight excluding hydrogens is 464 g/mol. The lowest BCUT2D eigenvalue weighted by molar-refractivity contribution is -0.133. The summed E-state index contributed by atoms with van der Waals surface area (Å²) >= 11 is 0. The number of carbonyl (C=O) groups excluding carboxylic acids is 2. The summed E-state index contributed by atoms with van der Waals surface area (Å²) in [5, 5.41) is 5.34. The predicted octanol–water partition coefficient (Wildman–Crippen LogP) is 0.218. The Morgan fingerprint density at radius 1 is 1.18 bits per heavy atom. The Balaban J connectivity index is 2.01. The molecule has 0 aliphatic carbocycles. The third kappa shape index (κ3) is 5.40. The van der Waals surface area contributed by atoms with Crippen LogP contribution in [-0.2, 0) is 26.0 Å². The summed E-state index contributed by atoms with van der Waals surface area (Å²) in [7, 11) is -3.26. The van der Waals surface area contributed by atoms with Crippen LogP contribution in [0.1, 0.15) is 58.8 Å².